The number of hydrogen-bond acceptors (Lipinski definition) is 7. The van der Waals surface area contributed by atoms with Crippen LogP contribution < -0.4 is 5.32 Å². The number of aromatic nitrogens is 4. The molecule has 0 bridgehead atoms. The third kappa shape index (κ3) is 4.52. The summed E-state index contributed by atoms with van der Waals surface area (Å²) in [5, 5.41) is 23.0. The molecule has 21 heavy (non-hydrogen) atoms. The predicted octanol–water partition coefficient (Wildman–Crippen LogP) is -0.557. The number of nitriles is 1. The highest BCUT2D eigenvalue weighted by Gasteiger charge is 2.30. The number of ether oxygens (including phenoxy) is 1. The topological polar surface area (TPSA) is 123 Å². The van der Waals surface area contributed by atoms with Crippen LogP contribution in [0.25, 0.3) is 0 Å². The van der Waals surface area contributed by atoms with Crippen LogP contribution in [-0.2, 0) is 27.3 Å². The molecule has 1 aromatic heterocycles. The van der Waals surface area contributed by atoms with Crippen LogP contribution in [-0.4, -0.2) is 44.7 Å². The first-order valence-corrected chi connectivity index (χ1v) is 6.36. The number of rotatable bonds is 6. The van der Waals surface area contributed by atoms with Crippen LogP contribution >= 0.6 is 0 Å². The van der Waals surface area contributed by atoms with Gasteiger partial charge in [0.25, 0.3) is 0 Å². The van der Waals surface area contributed by atoms with Gasteiger partial charge in [-0.1, -0.05) is 13.8 Å². The van der Waals surface area contributed by atoms with Gasteiger partial charge in [-0.2, -0.15) is 10.1 Å². The second-order valence-corrected chi connectivity index (χ2v) is 5.01. The Labute approximate surface area is 122 Å². The summed E-state index contributed by atoms with van der Waals surface area (Å²) >= 11 is 0. The lowest BCUT2D eigenvalue weighted by Gasteiger charge is -2.27. The molecule has 1 unspecified atom stereocenters. The highest BCUT2D eigenvalue weighted by Crippen LogP contribution is 2.14. The van der Waals surface area contributed by atoms with Crippen LogP contribution in [0.15, 0.2) is 0 Å². The summed E-state index contributed by atoms with van der Waals surface area (Å²) in [7, 11) is 1.26. The van der Waals surface area contributed by atoms with E-state index >= 15 is 0 Å². The molecule has 1 aromatic rings. The van der Waals surface area contributed by atoms with E-state index < -0.39 is 17.4 Å². The van der Waals surface area contributed by atoms with E-state index in [9.17, 15) is 9.59 Å². The van der Waals surface area contributed by atoms with Gasteiger partial charge in [0.2, 0.25) is 5.91 Å². The predicted molar refractivity (Wildman–Crippen MR) is 70.5 cm³/mol. The Morgan fingerprint density at radius 2 is 2.19 bits per heavy atom. The lowest BCUT2D eigenvalue weighted by atomic mass is 9.90. The van der Waals surface area contributed by atoms with Gasteiger partial charge >= 0.3 is 5.97 Å². The molecule has 114 valence electrons. The first-order valence-electron chi connectivity index (χ1n) is 6.36. The van der Waals surface area contributed by atoms with Crippen molar-refractivity contribution in [2.75, 3.05) is 7.11 Å². The number of carbonyl (C=O) groups is 2. The fourth-order valence-corrected chi connectivity index (χ4v) is 1.37. The first-order chi connectivity index (χ1) is 9.80. The highest BCUT2D eigenvalue weighted by molar-refractivity contribution is 5.77. The number of hydrogen-bond donors (Lipinski definition) is 1. The molecule has 0 aliphatic heterocycles. The maximum atomic E-state index is 11.9. The summed E-state index contributed by atoms with van der Waals surface area (Å²) in [6, 6.07) is 2.07. The average molecular weight is 294 g/mol. The highest BCUT2D eigenvalue weighted by atomic mass is 16.5. The lowest BCUT2D eigenvalue weighted by molar-refractivity contribution is -0.139. The Kier molecular flexibility index (Phi) is 5.35. The Balaban J connectivity index is 2.64. The molecule has 1 amide bonds. The fraction of sp³-hybridized carbons (Fsp3) is 0.667. The van der Waals surface area contributed by atoms with Gasteiger partial charge in [-0.05, 0) is 18.1 Å². The van der Waals surface area contributed by atoms with Gasteiger partial charge in [0, 0.05) is 0 Å². The number of tetrazole rings is 1. The second kappa shape index (κ2) is 6.78. The van der Waals surface area contributed by atoms with Crippen LogP contribution in [0.4, 0.5) is 0 Å². The molecule has 0 saturated heterocycles. The van der Waals surface area contributed by atoms with Crippen molar-refractivity contribution in [3.63, 3.8) is 0 Å². The summed E-state index contributed by atoms with van der Waals surface area (Å²) in [5.41, 5.74) is -0.966. The number of amides is 1. The molecule has 0 fully saturated rings. The van der Waals surface area contributed by atoms with Crippen molar-refractivity contribution in [2.24, 2.45) is 5.92 Å². The van der Waals surface area contributed by atoms with Gasteiger partial charge in [-0.3, -0.25) is 9.59 Å². The van der Waals surface area contributed by atoms with Gasteiger partial charge in [0.05, 0.1) is 13.2 Å². The van der Waals surface area contributed by atoms with Gasteiger partial charge in [0.1, 0.15) is 18.5 Å². The summed E-state index contributed by atoms with van der Waals surface area (Å²) < 4.78 is 4.48. The van der Waals surface area contributed by atoms with E-state index in [4.69, 9.17) is 5.26 Å². The number of methoxy groups -OCH3 is 1. The van der Waals surface area contributed by atoms with Crippen molar-refractivity contribution in [1.29, 1.82) is 5.26 Å². The summed E-state index contributed by atoms with van der Waals surface area (Å²) in [5.74, 6) is -0.780. The maximum absolute atomic E-state index is 11.9. The van der Waals surface area contributed by atoms with Gasteiger partial charge < -0.3 is 10.1 Å². The minimum absolute atomic E-state index is 0.0509. The van der Waals surface area contributed by atoms with E-state index in [2.05, 4.69) is 31.5 Å². The fourth-order valence-electron chi connectivity index (χ4n) is 1.37. The Morgan fingerprint density at radius 1 is 1.52 bits per heavy atom. The van der Waals surface area contributed by atoms with Crippen LogP contribution in [0.1, 0.15) is 26.6 Å². The molecule has 1 rings (SSSR count). The normalized spacial score (nSPS) is 13.3. The largest absolute Gasteiger partial charge is 0.469 e. The van der Waals surface area contributed by atoms with E-state index in [0.29, 0.717) is 0 Å². The van der Waals surface area contributed by atoms with Crippen molar-refractivity contribution in [3.05, 3.63) is 5.82 Å². The van der Waals surface area contributed by atoms with Crippen molar-refractivity contribution in [3.8, 4) is 6.07 Å². The zero-order chi connectivity index (χ0) is 16.0. The summed E-state index contributed by atoms with van der Waals surface area (Å²) in [6.07, 6.45) is -0.111. The van der Waals surface area contributed by atoms with E-state index in [1.165, 1.54) is 7.11 Å². The molecule has 1 atom stereocenters. The van der Waals surface area contributed by atoms with Crippen molar-refractivity contribution in [2.45, 2.75) is 39.3 Å². The maximum Gasteiger partial charge on any atom is 0.313 e. The smallest absolute Gasteiger partial charge is 0.313 e. The van der Waals surface area contributed by atoms with Gasteiger partial charge in [-0.25, -0.2) is 0 Å². The van der Waals surface area contributed by atoms with E-state index in [1.54, 1.807) is 6.92 Å². The molecule has 1 heterocycles. The van der Waals surface area contributed by atoms with Crippen LogP contribution in [0.5, 0.6) is 0 Å². The quantitative estimate of drug-likeness (QED) is 0.698. The van der Waals surface area contributed by atoms with Crippen LogP contribution in [0.3, 0.4) is 0 Å². The van der Waals surface area contributed by atoms with Crippen LogP contribution in [0.2, 0.25) is 0 Å². The summed E-state index contributed by atoms with van der Waals surface area (Å²) in [6.45, 7) is 5.14. The first kappa shape index (κ1) is 16.6. The molecule has 0 aliphatic rings. The minimum Gasteiger partial charge on any atom is -0.469 e. The van der Waals surface area contributed by atoms with Crippen LogP contribution in [0, 0.1) is 17.2 Å². The lowest BCUT2D eigenvalue weighted by Crippen LogP contribution is -2.50. The molecule has 9 nitrogen and oxygen atoms in total. The van der Waals surface area contributed by atoms with Crippen molar-refractivity contribution >= 4 is 11.9 Å². The van der Waals surface area contributed by atoms with Gasteiger partial charge in [0.15, 0.2) is 5.82 Å². The molecule has 1 N–H and O–H groups in total. The molecular weight excluding hydrogens is 276 g/mol. The Morgan fingerprint density at radius 3 is 2.71 bits per heavy atom. The third-order valence-electron chi connectivity index (χ3n) is 3.10. The zero-order valence-electron chi connectivity index (χ0n) is 12.5. The second-order valence-electron chi connectivity index (χ2n) is 5.01. The molecule has 0 saturated carbocycles. The Hall–Kier alpha value is -2.50. The standard InChI is InChI=1S/C12H18N6O3/c1-8(2)12(3,7-13)14-10(19)6-18-16-9(15-17-18)5-11(20)21-4/h8H,5-6H2,1-4H3,(H,14,19). The van der Waals surface area contributed by atoms with E-state index in [-0.39, 0.29) is 24.7 Å². The molecule has 0 spiro atoms. The van der Waals surface area contributed by atoms with E-state index in [1.807, 2.05) is 13.8 Å². The average Bonchev–Trinajstić information content (AvgIpc) is 2.84. The molecular formula is C12H18N6O3. The Bertz CT molecular complexity index is 562. The SMILES string of the molecule is COC(=O)Cc1nnn(CC(=O)NC(C)(C#N)C(C)C)n1. The molecule has 0 aliphatic carbocycles. The molecule has 9 heteroatoms. The van der Waals surface area contributed by atoms with Crippen molar-refractivity contribution in [1.82, 2.24) is 25.5 Å². The zero-order valence-corrected chi connectivity index (χ0v) is 12.5. The van der Waals surface area contributed by atoms with E-state index in [0.717, 1.165) is 4.80 Å². The minimum atomic E-state index is -0.966. The summed E-state index contributed by atoms with van der Waals surface area (Å²) in [4.78, 5) is 24.0. The monoisotopic (exact) mass is 294 g/mol. The number of nitrogens with one attached hydrogen (secondary N) is 1. The number of esters is 1. The van der Waals surface area contributed by atoms with Crippen molar-refractivity contribution < 1.29 is 14.3 Å². The number of carbonyl (C=O) groups excluding carboxylic acids is 2. The van der Waals surface area contributed by atoms with Gasteiger partial charge in [-0.15, -0.1) is 10.2 Å². The molecule has 0 aromatic carbocycles. The molecule has 0 radical (unpaired) electrons. The number of nitrogens with zero attached hydrogens (tertiary/aromatic N) is 5. The third-order valence-corrected chi connectivity index (χ3v) is 3.10.